The van der Waals surface area contributed by atoms with Crippen LogP contribution in [-0.4, -0.2) is 79.6 Å². The van der Waals surface area contributed by atoms with E-state index in [-0.39, 0.29) is 17.2 Å². The van der Waals surface area contributed by atoms with Crippen molar-refractivity contribution >= 4 is 30.1 Å². The second-order valence-electron chi connectivity index (χ2n) is 8.51. The number of phenols is 3. The van der Waals surface area contributed by atoms with Crippen LogP contribution in [0.1, 0.15) is 24.0 Å². The minimum atomic E-state index is -2.32. The van der Waals surface area contributed by atoms with Gasteiger partial charge in [-0.1, -0.05) is 12.1 Å². The molecule has 0 amide bonds. The molecule has 0 radical (unpaired) electrons. The van der Waals surface area contributed by atoms with Crippen LogP contribution in [0.5, 0.6) is 23.0 Å². The van der Waals surface area contributed by atoms with Gasteiger partial charge in [0.15, 0.2) is 23.0 Å². The van der Waals surface area contributed by atoms with Crippen LogP contribution >= 0.6 is 0 Å². The quantitative estimate of drug-likeness (QED) is 0.163. The van der Waals surface area contributed by atoms with E-state index in [4.69, 9.17) is 14.2 Å². The molecule has 6 N–H and O–H groups in total. The zero-order valence-electron chi connectivity index (χ0n) is 20.1. The summed E-state index contributed by atoms with van der Waals surface area (Å²) in [5, 5.41) is 59.0. The molecule has 1 fully saturated rings. The van der Waals surface area contributed by atoms with Crippen LogP contribution < -0.4 is 4.74 Å². The summed E-state index contributed by atoms with van der Waals surface area (Å²) in [4.78, 5) is 36.9. The molecule has 0 aromatic heterocycles. The smallest absolute Gasteiger partial charge is 0.348 e. The van der Waals surface area contributed by atoms with Crippen molar-refractivity contribution in [2.24, 2.45) is 0 Å². The first-order valence-electron chi connectivity index (χ1n) is 11.2. The number of aromatic hydroxyl groups is 3. The van der Waals surface area contributed by atoms with Gasteiger partial charge in [-0.15, -0.1) is 0 Å². The maximum Gasteiger partial charge on any atom is 0.348 e. The first-order chi connectivity index (χ1) is 17.9. The van der Waals surface area contributed by atoms with E-state index >= 15 is 0 Å². The molecule has 2 aromatic rings. The minimum Gasteiger partial charge on any atom is -0.504 e. The van der Waals surface area contributed by atoms with Crippen molar-refractivity contribution in [1.82, 2.24) is 0 Å². The molecular formula is C26H26O12. The minimum absolute atomic E-state index is 0.109. The van der Waals surface area contributed by atoms with Crippen molar-refractivity contribution in [3.05, 3.63) is 59.7 Å². The average molecular weight is 530 g/mol. The number of ether oxygens (including phenoxy) is 3. The number of methoxy groups -OCH3 is 1. The summed E-state index contributed by atoms with van der Waals surface area (Å²) in [6.45, 7) is 0. The lowest BCUT2D eigenvalue weighted by Crippen LogP contribution is -2.58. The molecular weight excluding hydrogens is 504 g/mol. The van der Waals surface area contributed by atoms with Crippen LogP contribution in [0.4, 0.5) is 0 Å². The third kappa shape index (κ3) is 6.60. The number of aliphatic carboxylic acids is 1. The summed E-state index contributed by atoms with van der Waals surface area (Å²) in [5.41, 5.74) is -1.56. The summed E-state index contributed by atoms with van der Waals surface area (Å²) >= 11 is 0. The van der Waals surface area contributed by atoms with Crippen LogP contribution in [0, 0.1) is 0 Å². The van der Waals surface area contributed by atoms with Gasteiger partial charge in [0.05, 0.1) is 13.2 Å². The number of hydrogen-bond donors (Lipinski definition) is 6. The van der Waals surface area contributed by atoms with E-state index in [1.165, 1.54) is 49.6 Å². The molecule has 0 heterocycles. The highest BCUT2D eigenvalue weighted by Crippen LogP contribution is 2.35. The van der Waals surface area contributed by atoms with E-state index in [0.717, 1.165) is 18.2 Å². The predicted molar refractivity (Wildman–Crippen MR) is 130 cm³/mol. The highest BCUT2D eigenvalue weighted by molar-refractivity contribution is 5.91. The maximum atomic E-state index is 12.4. The Kier molecular flexibility index (Phi) is 8.61. The summed E-state index contributed by atoms with van der Waals surface area (Å²) in [7, 11) is 1.35. The first-order valence-corrected chi connectivity index (χ1v) is 11.2. The fourth-order valence-electron chi connectivity index (χ4n) is 3.83. The van der Waals surface area contributed by atoms with Gasteiger partial charge >= 0.3 is 17.9 Å². The van der Waals surface area contributed by atoms with Crippen LogP contribution in [0.2, 0.25) is 0 Å². The van der Waals surface area contributed by atoms with Gasteiger partial charge in [-0.2, -0.15) is 0 Å². The number of carboxylic acid groups (broad SMARTS) is 1. The SMILES string of the molecule is COc1cc(C=CC(=O)O[C@H]2C[C@](OC(=O)C=Cc3ccc(O)c(O)c3)(C(=O)O)C[C@@H](O)[C@H]2O)ccc1O. The van der Waals surface area contributed by atoms with E-state index in [1.54, 1.807) is 0 Å². The second kappa shape index (κ2) is 11.7. The summed E-state index contributed by atoms with van der Waals surface area (Å²) < 4.78 is 15.3. The highest BCUT2D eigenvalue weighted by Gasteiger charge is 2.54. The molecule has 0 spiro atoms. The van der Waals surface area contributed by atoms with Gasteiger partial charge in [-0.25, -0.2) is 14.4 Å². The van der Waals surface area contributed by atoms with E-state index in [0.29, 0.717) is 11.1 Å². The Hall–Kier alpha value is -4.55. The predicted octanol–water partition coefficient (Wildman–Crippen LogP) is 1.33. The van der Waals surface area contributed by atoms with Crippen molar-refractivity contribution in [3.63, 3.8) is 0 Å². The molecule has 0 saturated heterocycles. The average Bonchev–Trinajstić information content (AvgIpc) is 2.87. The van der Waals surface area contributed by atoms with Crippen LogP contribution in [0.3, 0.4) is 0 Å². The third-order valence-electron chi connectivity index (χ3n) is 5.83. The lowest BCUT2D eigenvalue weighted by molar-refractivity contribution is -0.207. The number of aliphatic hydroxyl groups excluding tert-OH is 2. The Morgan fingerprint density at radius 1 is 0.868 bits per heavy atom. The molecule has 0 bridgehead atoms. The zero-order valence-corrected chi connectivity index (χ0v) is 20.1. The van der Waals surface area contributed by atoms with E-state index in [9.17, 15) is 45.0 Å². The molecule has 12 heteroatoms. The van der Waals surface area contributed by atoms with Gasteiger partial charge in [0.25, 0.3) is 0 Å². The van der Waals surface area contributed by atoms with Crippen molar-refractivity contribution in [3.8, 4) is 23.0 Å². The van der Waals surface area contributed by atoms with Crippen molar-refractivity contribution in [2.45, 2.75) is 36.8 Å². The summed E-state index contributed by atoms with van der Waals surface area (Å²) in [6, 6.07) is 8.00. The van der Waals surface area contributed by atoms with Crippen LogP contribution in [0.25, 0.3) is 12.2 Å². The van der Waals surface area contributed by atoms with Gasteiger partial charge in [-0.05, 0) is 47.5 Å². The number of carboxylic acids is 1. The molecule has 1 aliphatic carbocycles. The Labute approximate surface area is 216 Å². The molecule has 38 heavy (non-hydrogen) atoms. The van der Waals surface area contributed by atoms with Gasteiger partial charge in [0, 0.05) is 25.0 Å². The molecule has 1 saturated carbocycles. The molecule has 2 aromatic carbocycles. The molecule has 202 valence electrons. The number of carbonyl (C=O) groups is 3. The highest BCUT2D eigenvalue weighted by atomic mass is 16.6. The first kappa shape index (κ1) is 28.0. The van der Waals surface area contributed by atoms with Gasteiger partial charge in [-0.3, -0.25) is 0 Å². The van der Waals surface area contributed by atoms with Crippen molar-refractivity contribution in [2.75, 3.05) is 7.11 Å². The standard InChI is InChI=1S/C26H26O12/c1-36-20-11-15(3-7-17(20)28)4-8-22(31)37-21-13-26(25(34)35,12-19(30)24(21)33)38-23(32)9-5-14-2-6-16(27)18(29)10-14/h2-11,19,21,24,27-30,33H,12-13H2,1H3,(H,34,35)/t19-,21+,24-,26+/m1/s1. The molecule has 0 unspecified atom stereocenters. The van der Waals surface area contributed by atoms with Crippen LogP contribution in [-0.2, 0) is 23.9 Å². The van der Waals surface area contributed by atoms with Crippen molar-refractivity contribution in [1.29, 1.82) is 0 Å². The Bertz CT molecular complexity index is 1270. The van der Waals surface area contributed by atoms with Gasteiger partial charge in [0.2, 0.25) is 5.60 Å². The van der Waals surface area contributed by atoms with Crippen molar-refractivity contribution < 1.29 is 59.2 Å². The number of hydrogen-bond acceptors (Lipinski definition) is 11. The zero-order chi connectivity index (χ0) is 28.0. The normalized spacial score (nSPS) is 23.3. The maximum absolute atomic E-state index is 12.4. The number of aliphatic hydroxyl groups is 2. The number of rotatable bonds is 8. The fraction of sp³-hybridized carbons (Fsp3) is 0.269. The number of carbonyl (C=O) groups excluding carboxylic acids is 2. The Morgan fingerprint density at radius 2 is 1.47 bits per heavy atom. The third-order valence-corrected chi connectivity index (χ3v) is 5.83. The van der Waals surface area contributed by atoms with Gasteiger partial charge < -0.3 is 44.8 Å². The van der Waals surface area contributed by atoms with E-state index in [2.05, 4.69) is 0 Å². The van der Waals surface area contributed by atoms with E-state index in [1.807, 2.05) is 0 Å². The molecule has 3 rings (SSSR count). The lowest BCUT2D eigenvalue weighted by atomic mass is 9.79. The summed E-state index contributed by atoms with van der Waals surface area (Å²) in [5.74, 6) is -4.47. The molecule has 0 aliphatic heterocycles. The van der Waals surface area contributed by atoms with Gasteiger partial charge in [0.1, 0.15) is 12.2 Å². The topological polar surface area (TPSA) is 200 Å². The van der Waals surface area contributed by atoms with E-state index < -0.39 is 60.4 Å². The molecule has 4 atom stereocenters. The number of esters is 2. The Morgan fingerprint density at radius 3 is 2.08 bits per heavy atom. The summed E-state index contributed by atoms with van der Waals surface area (Å²) in [6.07, 6.45) is -1.80. The fourth-order valence-corrected chi connectivity index (χ4v) is 3.83. The van der Waals surface area contributed by atoms with Crippen LogP contribution in [0.15, 0.2) is 48.6 Å². The Balaban J connectivity index is 1.73. The number of benzene rings is 2. The number of phenolic OH excluding ortho intramolecular Hbond substituents is 3. The molecule has 12 nitrogen and oxygen atoms in total. The lowest BCUT2D eigenvalue weighted by Gasteiger charge is -2.41. The molecule has 1 aliphatic rings. The monoisotopic (exact) mass is 530 g/mol. The second-order valence-corrected chi connectivity index (χ2v) is 8.51. The largest absolute Gasteiger partial charge is 0.504 e.